The van der Waals surface area contributed by atoms with E-state index in [2.05, 4.69) is 20.8 Å². The second-order valence-corrected chi connectivity index (χ2v) is 6.39. The van der Waals surface area contributed by atoms with Crippen LogP contribution in [-0.2, 0) is 17.6 Å². The standard InChI is InChI=1S/C20H18N4O4/c1-27-13-8-6-12(7-9-13)10-17-23-18(28-24-17)11-16-20(26)21-15-5-3-2-4-14(15)19(25)22-16/h2-9,16H,10-11H2,1H3,(H,21,26)(H,22,25)/t16-/m0/s1. The molecule has 0 aliphatic carbocycles. The highest BCUT2D eigenvalue weighted by Crippen LogP contribution is 2.19. The lowest BCUT2D eigenvalue weighted by Gasteiger charge is -2.11. The molecule has 1 aliphatic rings. The zero-order chi connectivity index (χ0) is 19.5. The van der Waals surface area contributed by atoms with Gasteiger partial charge < -0.3 is 19.9 Å². The summed E-state index contributed by atoms with van der Waals surface area (Å²) in [7, 11) is 1.61. The van der Waals surface area contributed by atoms with Gasteiger partial charge in [0.25, 0.3) is 5.91 Å². The van der Waals surface area contributed by atoms with Gasteiger partial charge in [-0.2, -0.15) is 4.98 Å². The maximum atomic E-state index is 12.5. The minimum Gasteiger partial charge on any atom is -0.497 e. The fourth-order valence-electron chi connectivity index (χ4n) is 3.00. The van der Waals surface area contributed by atoms with Gasteiger partial charge in [0.2, 0.25) is 11.8 Å². The molecule has 2 aromatic carbocycles. The lowest BCUT2D eigenvalue weighted by Crippen LogP contribution is -2.42. The topological polar surface area (TPSA) is 106 Å². The quantitative estimate of drug-likeness (QED) is 0.703. The van der Waals surface area contributed by atoms with Crippen LogP contribution in [0.4, 0.5) is 5.69 Å². The number of benzene rings is 2. The van der Waals surface area contributed by atoms with Gasteiger partial charge in [0.1, 0.15) is 11.8 Å². The molecule has 8 heteroatoms. The molecule has 0 saturated heterocycles. The highest BCUT2D eigenvalue weighted by Gasteiger charge is 2.29. The Morgan fingerprint density at radius 2 is 1.89 bits per heavy atom. The van der Waals surface area contributed by atoms with Crippen molar-refractivity contribution >= 4 is 17.5 Å². The van der Waals surface area contributed by atoms with Crippen LogP contribution in [0.5, 0.6) is 5.75 Å². The summed E-state index contributed by atoms with van der Waals surface area (Å²) in [6.45, 7) is 0. The SMILES string of the molecule is COc1ccc(Cc2noc(C[C@@H]3NC(=O)c4ccccc4NC3=O)n2)cc1. The van der Waals surface area contributed by atoms with Gasteiger partial charge in [0.05, 0.1) is 24.8 Å². The smallest absolute Gasteiger partial charge is 0.254 e. The highest BCUT2D eigenvalue weighted by molar-refractivity contribution is 6.09. The first-order chi connectivity index (χ1) is 13.6. The van der Waals surface area contributed by atoms with E-state index < -0.39 is 6.04 Å². The third-order valence-corrected chi connectivity index (χ3v) is 4.46. The van der Waals surface area contributed by atoms with Gasteiger partial charge in [0.15, 0.2) is 5.82 Å². The van der Waals surface area contributed by atoms with Gasteiger partial charge in [-0.15, -0.1) is 0 Å². The Labute approximate surface area is 160 Å². The van der Waals surface area contributed by atoms with E-state index in [-0.39, 0.29) is 24.1 Å². The molecule has 0 unspecified atom stereocenters. The average Bonchev–Trinajstić information content (AvgIpc) is 3.10. The van der Waals surface area contributed by atoms with Crippen molar-refractivity contribution in [2.75, 3.05) is 12.4 Å². The molecule has 2 N–H and O–H groups in total. The summed E-state index contributed by atoms with van der Waals surface area (Å²) in [4.78, 5) is 29.2. The Morgan fingerprint density at radius 3 is 2.68 bits per heavy atom. The zero-order valence-electron chi connectivity index (χ0n) is 15.1. The van der Waals surface area contributed by atoms with E-state index in [0.29, 0.717) is 23.5 Å². The minimum atomic E-state index is -0.797. The number of methoxy groups -OCH3 is 1. The van der Waals surface area contributed by atoms with Gasteiger partial charge in [-0.05, 0) is 29.8 Å². The lowest BCUT2D eigenvalue weighted by molar-refractivity contribution is -0.118. The summed E-state index contributed by atoms with van der Waals surface area (Å²) in [5.41, 5.74) is 1.91. The third-order valence-electron chi connectivity index (χ3n) is 4.46. The van der Waals surface area contributed by atoms with Crippen molar-refractivity contribution in [3.8, 4) is 5.75 Å². The molecule has 3 aromatic rings. The van der Waals surface area contributed by atoms with E-state index in [0.717, 1.165) is 11.3 Å². The Balaban J connectivity index is 1.45. The van der Waals surface area contributed by atoms with Crippen molar-refractivity contribution in [2.45, 2.75) is 18.9 Å². The second kappa shape index (κ2) is 7.51. The molecule has 0 bridgehead atoms. The highest BCUT2D eigenvalue weighted by atomic mass is 16.5. The zero-order valence-corrected chi connectivity index (χ0v) is 15.1. The van der Waals surface area contributed by atoms with Crippen LogP contribution in [0.25, 0.3) is 0 Å². The molecule has 1 aromatic heterocycles. The van der Waals surface area contributed by atoms with Crippen LogP contribution >= 0.6 is 0 Å². The number of aromatic nitrogens is 2. The van der Waals surface area contributed by atoms with E-state index in [4.69, 9.17) is 9.26 Å². The van der Waals surface area contributed by atoms with Gasteiger partial charge in [-0.3, -0.25) is 9.59 Å². The maximum absolute atomic E-state index is 12.5. The van der Waals surface area contributed by atoms with Gasteiger partial charge in [0, 0.05) is 6.42 Å². The molecule has 2 heterocycles. The van der Waals surface area contributed by atoms with Crippen LogP contribution in [0.15, 0.2) is 53.1 Å². The molecule has 1 aliphatic heterocycles. The number of anilines is 1. The lowest BCUT2D eigenvalue weighted by atomic mass is 10.1. The number of carbonyl (C=O) groups excluding carboxylic acids is 2. The second-order valence-electron chi connectivity index (χ2n) is 6.39. The Kier molecular flexibility index (Phi) is 4.76. The minimum absolute atomic E-state index is 0.112. The van der Waals surface area contributed by atoms with Gasteiger partial charge in [-0.1, -0.05) is 29.4 Å². The molecular weight excluding hydrogens is 360 g/mol. The number of rotatable bonds is 5. The maximum Gasteiger partial charge on any atom is 0.254 e. The molecule has 0 spiro atoms. The molecule has 4 rings (SSSR count). The van der Waals surface area contributed by atoms with Crippen molar-refractivity contribution in [1.29, 1.82) is 0 Å². The molecule has 142 valence electrons. The monoisotopic (exact) mass is 378 g/mol. The summed E-state index contributed by atoms with van der Waals surface area (Å²) in [5, 5.41) is 9.43. The Bertz CT molecular complexity index is 1010. The van der Waals surface area contributed by atoms with Crippen molar-refractivity contribution in [2.24, 2.45) is 0 Å². The fraction of sp³-hybridized carbons (Fsp3) is 0.200. The number of hydrogen-bond acceptors (Lipinski definition) is 6. The number of ether oxygens (including phenoxy) is 1. The van der Waals surface area contributed by atoms with E-state index in [1.807, 2.05) is 24.3 Å². The normalized spacial score (nSPS) is 16.0. The first kappa shape index (κ1) is 17.7. The van der Waals surface area contributed by atoms with Crippen molar-refractivity contribution in [1.82, 2.24) is 15.5 Å². The molecule has 2 amide bonds. The van der Waals surface area contributed by atoms with E-state index in [1.165, 1.54) is 0 Å². The van der Waals surface area contributed by atoms with E-state index >= 15 is 0 Å². The van der Waals surface area contributed by atoms with Gasteiger partial charge >= 0.3 is 0 Å². The van der Waals surface area contributed by atoms with Gasteiger partial charge in [-0.25, -0.2) is 0 Å². The van der Waals surface area contributed by atoms with Crippen LogP contribution in [0.1, 0.15) is 27.6 Å². The molecule has 0 radical (unpaired) electrons. The molecule has 8 nitrogen and oxygen atoms in total. The summed E-state index contributed by atoms with van der Waals surface area (Å²) in [6.07, 6.45) is 0.601. The molecule has 28 heavy (non-hydrogen) atoms. The number of nitrogens with zero attached hydrogens (tertiary/aromatic N) is 2. The predicted molar refractivity (Wildman–Crippen MR) is 100 cm³/mol. The first-order valence-electron chi connectivity index (χ1n) is 8.77. The van der Waals surface area contributed by atoms with Crippen LogP contribution < -0.4 is 15.4 Å². The Hall–Kier alpha value is -3.68. The number of para-hydroxylation sites is 1. The molecule has 0 fully saturated rings. The number of nitrogens with one attached hydrogen (secondary N) is 2. The molecule has 0 saturated carbocycles. The number of fused-ring (bicyclic) bond motifs is 1. The third kappa shape index (κ3) is 3.71. The summed E-state index contributed by atoms with van der Waals surface area (Å²) < 4.78 is 10.4. The van der Waals surface area contributed by atoms with Crippen molar-refractivity contribution < 1.29 is 18.8 Å². The average molecular weight is 378 g/mol. The number of amides is 2. The molecular formula is C20H18N4O4. The first-order valence-corrected chi connectivity index (χ1v) is 8.77. The number of carbonyl (C=O) groups is 2. The predicted octanol–water partition coefficient (Wildman–Crippen LogP) is 1.96. The summed E-state index contributed by atoms with van der Waals surface area (Å²) in [6, 6.07) is 13.6. The fourth-order valence-corrected chi connectivity index (χ4v) is 3.00. The molecule has 1 atom stereocenters. The largest absolute Gasteiger partial charge is 0.497 e. The summed E-state index contributed by atoms with van der Waals surface area (Å²) in [5.74, 6) is 0.914. The van der Waals surface area contributed by atoms with E-state index in [1.54, 1.807) is 31.4 Å². The Morgan fingerprint density at radius 1 is 1.11 bits per heavy atom. The van der Waals surface area contributed by atoms with Crippen molar-refractivity contribution in [3.05, 3.63) is 71.4 Å². The van der Waals surface area contributed by atoms with Crippen LogP contribution in [-0.4, -0.2) is 35.1 Å². The van der Waals surface area contributed by atoms with Crippen molar-refractivity contribution in [3.63, 3.8) is 0 Å². The van der Waals surface area contributed by atoms with Crippen LogP contribution in [0, 0.1) is 0 Å². The summed E-state index contributed by atoms with van der Waals surface area (Å²) >= 11 is 0. The van der Waals surface area contributed by atoms with E-state index in [9.17, 15) is 9.59 Å². The van der Waals surface area contributed by atoms with Crippen LogP contribution in [0.3, 0.4) is 0 Å². The number of hydrogen-bond donors (Lipinski definition) is 2. The van der Waals surface area contributed by atoms with Crippen LogP contribution in [0.2, 0.25) is 0 Å².